The molecular formula is C17H23F3N2O. The Morgan fingerprint density at radius 3 is 2.35 bits per heavy atom. The number of carbonyl (C=O) groups is 1. The van der Waals surface area contributed by atoms with Crippen LogP contribution in [0.1, 0.15) is 32.3 Å². The molecule has 1 aromatic carbocycles. The summed E-state index contributed by atoms with van der Waals surface area (Å²) in [6, 6.07) is 4.43. The molecular weight excluding hydrogens is 305 g/mol. The van der Waals surface area contributed by atoms with E-state index in [-0.39, 0.29) is 23.4 Å². The third-order valence-electron chi connectivity index (χ3n) is 4.08. The lowest BCUT2D eigenvalue weighted by atomic mass is 9.95. The van der Waals surface area contributed by atoms with Crippen LogP contribution >= 0.6 is 0 Å². The summed E-state index contributed by atoms with van der Waals surface area (Å²) >= 11 is 0. The highest BCUT2D eigenvalue weighted by Crippen LogP contribution is 2.30. The van der Waals surface area contributed by atoms with Crippen molar-refractivity contribution >= 4 is 5.91 Å². The minimum Gasteiger partial charge on any atom is -0.354 e. The first-order valence-electron chi connectivity index (χ1n) is 7.94. The van der Waals surface area contributed by atoms with Gasteiger partial charge in [0, 0.05) is 17.5 Å². The molecule has 2 rings (SSSR count). The second-order valence-corrected chi connectivity index (χ2v) is 6.43. The summed E-state index contributed by atoms with van der Waals surface area (Å²) in [5, 5.41) is 2.87. The number of rotatable bonds is 5. The molecule has 1 amide bonds. The monoisotopic (exact) mass is 328 g/mol. The maximum Gasteiger partial charge on any atom is 0.285 e. The van der Waals surface area contributed by atoms with Crippen molar-refractivity contribution in [3.05, 3.63) is 35.6 Å². The number of nitrogens with zero attached hydrogens (tertiary/aromatic N) is 1. The third-order valence-corrected chi connectivity index (χ3v) is 4.08. The number of alkyl halides is 2. The van der Waals surface area contributed by atoms with Crippen LogP contribution in [-0.2, 0) is 10.7 Å². The zero-order chi connectivity index (χ0) is 17.0. The second-order valence-electron chi connectivity index (χ2n) is 6.43. The zero-order valence-electron chi connectivity index (χ0n) is 13.5. The standard InChI is InChI=1S/C17H23F3N2O/c1-12(2)21-16(23)13-7-9-22(10-8-13)11-17(19,20)14-3-5-15(18)6-4-14/h3-6,12-13H,7-11H2,1-2H3,(H,21,23). The predicted octanol–water partition coefficient (Wildman–Crippen LogP) is 3.15. The molecule has 128 valence electrons. The minimum absolute atomic E-state index is 0.00458. The maximum absolute atomic E-state index is 14.3. The summed E-state index contributed by atoms with van der Waals surface area (Å²) in [6.07, 6.45) is 1.16. The lowest BCUT2D eigenvalue weighted by Crippen LogP contribution is -2.45. The van der Waals surface area contributed by atoms with E-state index in [1.165, 1.54) is 0 Å². The Hall–Kier alpha value is -1.56. The molecule has 0 atom stereocenters. The van der Waals surface area contributed by atoms with E-state index in [9.17, 15) is 18.0 Å². The highest BCUT2D eigenvalue weighted by atomic mass is 19.3. The maximum atomic E-state index is 14.3. The van der Waals surface area contributed by atoms with Gasteiger partial charge in [0.05, 0.1) is 6.54 Å². The number of hydrogen-bond acceptors (Lipinski definition) is 2. The van der Waals surface area contributed by atoms with Crippen molar-refractivity contribution < 1.29 is 18.0 Å². The van der Waals surface area contributed by atoms with Crippen LogP contribution in [0.15, 0.2) is 24.3 Å². The van der Waals surface area contributed by atoms with E-state index in [1.807, 2.05) is 13.8 Å². The lowest BCUT2D eigenvalue weighted by Gasteiger charge is -2.33. The van der Waals surface area contributed by atoms with Gasteiger partial charge in [0.2, 0.25) is 5.91 Å². The molecule has 1 heterocycles. The first kappa shape index (κ1) is 17.8. The van der Waals surface area contributed by atoms with Crippen LogP contribution in [0.2, 0.25) is 0 Å². The van der Waals surface area contributed by atoms with Crippen LogP contribution < -0.4 is 5.32 Å². The number of likely N-dealkylation sites (tertiary alicyclic amines) is 1. The van der Waals surface area contributed by atoms with Crippen molar-refractivity contribution in [2.45, 2.75) is 38.7 Å². The van der Waals surface area contributed by atoms with E-state index >= 15 is 0 Å². The van der Waals surface area contributed by atoms with Crippen molar-refractivity contribution in [2.24, 2.45) is 5.92 Å². The minimum atomic E-state index is -3.03. The molecule has 0 radical (unpaired) electrons. The molecule has 1 fully saturated rings. The first-order valence-corrected chi connectivity index (χ1v) is 7.94. The molecule has 23 heavy (non-hydrogen) atoms. The van der Waals surface area contributed by atoms with Gasteiger partial charge in [-0.2, -0.15) is 8.78 Å². The van der Waals surface area contributed by atoms with Crippen LogP contribution in [-0.4, -0.2) is 36.5 Å². The van der Waals surface area contributed by atoms with E-state index in [2.05, 4.69) is 5.32 Å². The van der Waals surface area contributed by atoms with Crippen LogP contribution in [0.3, 0.4) is 0 Å². The molecule has 0 aromatic heterocycles. The summed E-state index contributed by atoms with van der Waals surface area (Å²) in [5.74, 6) is -3.65. The number of carbonyl (C=O) groups excluding carboxylic acids is 1. The Bertz CT molecular complexity index is 523. The highest BCUT2D eigenvalue weighted by molar-refractivity contribution is 5.78. The van der Waals surface area contributed by atoms with Gasteiger partial charge in [0.1, 0.15) is 5.82 Å². The third kappa shape index (κ3) is 4.96. The van der Waals surface area contributed by atoms with Crippen LogP contribution in [0, 0.1) is 11.7 Å². The Balaban J connectivity index is 1.88. The summed E-state index contributed by atoms with van der Waals surface area (Å²) in [4.78, 5) is 13.6. The van der Waals surface area contributed by atoms with Crippen molar-refractivity contribution in [2.75, 3.05) is 19.6 Å². The van der Waals surface area contributed by atoms with Crippen molar-refractivity contribution in [1.29, 1.82) is 0 Å². The van der Waals surface area contributed by atoms with Gasteiger partial charge in [0.25, 0.3) is 5.92 Å². The van der Waals surface area contributed by atoms with E-state index < -0.39 is 18.3 Å². The van der Waals surface area contributed by atoms with Crippen molar-refractivity contribution in [1.82, 2.24) is 10.2 Å². The molecule has 0 bridgehead atoms. The molecule has 1 aliphatic heterocycles. The quantitative estimate of drug-likeness (QED) is 0.900. The molecule has 0 saturated carbocycles. The predicted molar refractivity (Wildman–Crippen MR) is 82.7 cm³/mol. The Labute approximate surface area is 134 Å². The molecule has 3 nitrogen and oxygen atoms in total. The van der Waals surface area contributed by atoms with Gasteiger partial charge in [-0.25, -0.2) is 4.39 Å². The smallest absolute Gasteiger partial charge is 0.285 e. The molecule has 0 unspecified atom stereocenters. The summed E-state index contributed by atoms with van der Waals surface area (Å²) < 4.78 is 41.4. The number of piperidine rings is 1. The molecule has 0 aliphatic carbocycles. The average molecular weight is 328 g/mol. The summed E-state index contributed by atoms with van der Waals surface area (Å²) in [7, 11) is 0. The number of benzene rings is 1. The fourth-order valence-electron chi connectivity index (χ4n) is 2.82. The average Bonchev–Trinajstić information content (AvgIpc) is 2.47. The molecule has 6 heteroatoms. The molecule has 1 N–H and O–H groups in total. The lowest BCUT2D eigenvalue weighted by molar-refractivity contribution is -0.127. The molecule has 1 aromatic rings. The van der Waals surface area contributed by atoms with Gasteiger partial charge in [-0.3, -0.25) is 9.69 Å². The Morgan fingerprint density at radius 2 is 1.83 bits per heavy atom. The van der Waals surface area contributed by atoms with Crippen molar-refractivity contribution in [3.63, 3.8) is 0 Å². The Morgan fingerprint density at radius 1 is 1.26 bits per heavy atom. The van der Waals surface area contributed by atoms with Gasteiger partial charge in [-0.05, 0) is 51.9 Å². The first-order chi connectivity index (χ1) is 10.8. The number of halogens is 3. The summed E-state index contributed by atoms with van der Waals surface area (Å²) in [6.45, 7) is 4.32. The van der Waals surface area contributed by atoms with Crippen LogP contribution in [0.5, 0.6) is 0 Å². The van der Waals surface area contributed by atoms with E-state index in [4.69, 9.17) is 0 Å². The SMILES string of the molecule is CC(C)NC(=O)C1CCN(CC(F)(F)c2ccc(F)cc2)CC1. The largest absolute Gasteiger partial charge is 0.354 e. The van der Waals surface area contributed by atoms with Gasteiger partial charge < -0.3 is 5.32 Å². The molecule has 1 aliphatic rings. The van der Waals surface area contributed by atoms with Gasteiger partial charge in [0.15, 0.2) is 0 Å². The van der Waals surface area contributed by atoms with Gasteiger partial charge >= 0.3 is 0 Å². The normalized spacial score (nSPS) is 17.5. The second kappa shape index (κ2) is 7.34. The van der Waals surface area contributed by atoms with Gasteiger partial charge in [-0.15, -0.1) is 0 Å². The molecule has 0 spiro atoms. The van der Waals surface area contributed by atoms with E-state index in [0.717, 1.165) is 24.3 Å². The Kier molecular flexibility index (Phi) is 5.68. The number of hydrogen-bond donors (Lipinski definition) is 1. The number of amides is 1. The summed E-state index contributed by atoms with van der Waals surface area (Å²) in [5.41, 5.74) is -0.182. The fraction of sp³-hybridized carbons (Fsp3) is 0.588. The van der Waals surface area contributed by atoms with Crippen molar-refractivity contribution in [3.8, 4) is 0 Å². The fourth-order valence-corrected chi connectivity index (χ4v) is 2.82. The highest BCUT2D eigenvalue weighted by Gasteiger charge is 2.36. The van der Waals surface area contributed by atoms with E-state index in [1.54, 1.807) is 4.90 Å². The van der Waals surface area contributed by atoms with Crippen LogP contribution in [0.25, 0.3) is 0 Å². The van der Waals surface area contributed by atoms with Gasteiger partial charge in [-0.1, -0.05) is 12.1 Å². The van der Waals surface area contributed by atoms with Crippen LogP contribution in [0.4, 0.5) is 13.2 Å². The number of nitrogens with one attached hydrogen (secondary N) is 1. The zero-order valence-corrected chi connectivity index (χ0v) is 13.5. The van der Waals surface area contributed by atoms with E-state index in [0.29, 0.717) is 25.9 Å². The molecule has 1 saturated heterocycles. The topological polar surface area (TPSA) is 32.3 Å².